The Morgan fingerprint density at radius 2 is 1.56 bits per heavy atom. The summed E-state index contributed by atoms with van der Waals surface area (Å²) in [5, 5.41) is 0. The van der Waals surface area contributed by atoms with E-state index in [1.807, 2.05) is 19.0 Å². The summed E-state index contributed by atoms with van der Waals surface area (Å²) in [5.74, 6) is 0. The molecule has 0 unspecified atom stereocenters. The van der Waals surface area contributed by atoms with E-state index in [4.69, 9.17) is 0 Å². The van der Waals surface area contributed by atoms with Crippen molar-refractivity contribution in [2.45, 2.75) is 18.4 Å². The zero-order chi connectivity index (χ0) is 13.9. The third kappa shape index (κ3) is 3.36. The molecule has 0 saturated carbocycles. The average Bonchev–Trinajstić information content (AvgIpc) is 2.27. The lowest BCUT2D eigenvalue weighted by atomic mass is 9.86. The molecule has 0 bridgehead atoms. The van der Waals surface area contributed by atoms with Crippen molar-refractivity contribution in [3.8, 4) is 0 Å². The summed E-state index contributed by atoms with van der Waals surface area (Å²) in [4.78, 5) is 20.1. The fourth-order valence-electron chi connectivity index (χ4n) is 2.73. The fraction of sp³-hybridized carbons (Fsp3) is 0.923. The van der Waals surface area contributed by atoms with Crippen molar-refractivity contribution in [2.75, 3.05) is 61.9 Å². The maximum Gasteiger partial charge on any atom is 0.319 e. The van der Waals surface area contributed by atoms with Gasteiger partial charge in [-0.25, -0.2) is 4.79 Å². The summed E-state index contributed by atoms with van der Waals surface area (Å²) in [6.45, 7) is 2.75. The molecule has 1 aliphatic rings. The largest absolute Gasteiger partial charge is 0.331 e. The van der Waals surface area contributed by atoms with Crippen molar-refractivity contribution < 1.29 is 4.79 Å². The van der Waals surface area contributed by atoms with Crippen molar-refractivity contribution in [3.05, 3.63) is 0 Å². The first kappa shape index (κ1) is 15.2. The normalized spacial score (nSPS) is 19.4. The molecular weight excluding hydrogens is 228 g/mol. The van der Waals surface area contributed by atoms with Gasteiger partial charge in [-0.15, -0.1) is 0 Å². The van der Waals surface area contributed by atoms with Gasteiger partial charge in [-0.05, 0) is 41.0 Å². The van der Waals surface area contributed by atoms with Gasteiger partial charge in [0.05, 0.1) is 0 Å². The van der Waals surface area contributed by atoms with Crippen molar-refractivity contribution in [2.24, 2.45) is 0 Å². The SMILES string of the molecule is CN(C)CC1(N(C)C)CCN(C(=O)N(C)C)CC1. The van der Waals surface area contributed by atoms with E-state index in [2.05, 4.69) is 38.0 Å². The lowest BCUT2D eigenvalue weighted by molar-refractivity contribution is 0.0421. The van der Waals surface area contributed by atoms with Gasteiger partial charge in [0, 0.05) is 39.3 Å². The van der Waals surface area contributed by atoms with Crippen LogP contribution in [0.2, 0.25) is 0 Å². The van der Waals surface area contributed by atoms with E-state index in [0.717, 1.165) is 32.5 Å². The molecule has 1 fully saturated rings. The molecule has 0 aliphatic carbocycles. The van der Waals surface area contributed by atoms with E-state index in [0.29, 0.717) is 0 Å². The van der Waals surface area contributed by atoms with E-state index >= 15 is 0 Å². The molecule has 0 aromatic heterocycles. The molecule has 0 aromatic carbocycles. The predicted octanol–water partition coefficient (Wildman–Crippen LogP) is 0.626. The highest BCUT2D eigenvalue weighted by molar-refractivity contribution is 5.73. The maximum atomic E-state index is 11.9. The number of urea groups is 1. The molecule has 18 heavy (non-hydrogen) atoms. The second-order valence-electron chi connectivity index (χ2n) is 6.02. The Morgan fingerprint density at radius 1 is 1.06 bits per heavy atom. The van der Waals surface area contributed by atoms with Crippen molar-refractivity contribution in [1.29, 1.82) is 0 Å². The third-order valence-electron chi connectivity index (χ3n) is 3.91. The molecule has 1 heterocycles. The molecular formula is C13H28N4O. The molecule has 0 radical (unpaired) electrons. The maximum absolute atomic E-state index is 11.9. The van der Waals surface area contributed by atoms with Gasteiger partial charge in [0.1, 0.15) is 0 Å². The van der Waals surface area contributed by atoms with E-state index < -0.39 is 0 Å². The summed E-state index contributed by atoms with van der Waals surface area (Å²) < 4.78 is 0. The molecule has 1 rings (SSSR count). The van der Waals surface area contributed by atoms with E-state index in [9.17, 15) is 4.79 Å². The summed E-state index contributed by atoms with van der Waals surface area (Å²) in [7, 11) is 12.1. The van der Waals surface area contributed by atoms with Crippen LogP contribution in [0.4, 0.5) is 4.79 Å². The van der Waals surface area contributed by atoms with Crippen molar-refractivity contribution >= 4 is 6.03 Å². The quantitative estimate of drug-likeness (QED) is 0.742. The summed E-state index contributed by atoms with van der Waals surface area (Å²) >= 11 is 0. The number of likely N-dealkylation sites (tertiary alicyclic amines) is 1. The highest BCUT2D eigenvalue weighted by Gasteiger charge is 2.38. The number of piperidine rings is 1. The molecule has 0 spiro atoms. The summed E-state index contributed by atoms with van der Waals surface area (Å²) in [5.41, 5.74) is 0.201. The first-order valence-corrected chi connectivity index (χ1v) is 6.57. The Bertz CT molecular complexity index is 281. The minimum Gasteiger partial charge on any atom is -0.331 e. The van der Waals surface area contributed by atoms with Gasteiger partial charge >= 0.3 is 6.03 Å². The van der Waals surface area contributed by atoms with Gasteiger partial charge < -0.3 is 19.6 Å². The highest BCUT2D eigenvalue weighted by atomic mass is 16.2. The van der Waals surface area contributed by atoms with Gasteiger partial charge in [0.25, 0.3) is 0 Å². The van der Waals surface area contributed by atoms with Crippen LogP contribution in [0.25, 0.3) is 0 Å². The lowest BCUT2D eigenvalue weighted by Crippen LogP contribution is -2.59. The number of carbonyl (C=O) groups is 1. The molecule has 5 heteroatoms. The standard InChI is InChI=1S/C13H28N4O/c1-14(2)11-13(16(5)6)7-9-17(10-8-13)12(18)15(3)4/h7-11H2,1-6H3. The topological polar surface area (TPSA) is 30.0 Å². The van der Waals surface area contributed by atoms with Crippen LogP contribution in [-0.4, -0.2) is 93.1 Å². The van der Waals surface area contributed by atoms with Crippen LogP contribution < -0.4 is 0 Å². The number of rotatable bonds is 3. The Balaban J connectivity index is 2.66. The minimum atomic E-state index is 0.132. The highest BCUT2D eigenvalue weighted by Crippen LogP contribution is 2.28. The van der Waals surface area contributed by atoms with Gasteiger partial charge in [-0.3, -0.25) is 0 Å². The zero-order valence-electron chi connectivity index (χ0n) is 12.7. The number of carbonyl (C=O) groups excluding carboxylic acids is 1. The van der Waals surface area contributed by atoms with E-state index in [1.54, 1.807) is 4.90 Å². The van der Waals surface area contributed by atoms with Gasteiger partial charge in [0.15, 0.2) is 0 Å². The van der Waals surface area contributed by atoms with Crippen LogP contribution >= 0.6 is 0 Å². The van der Waals surface area contributed by atoms with Crippen LogP contribution in [0, 0.1) is 0 Å². The monoisotopic (exact) mass is 256 g/mol. The molecule has 0 N–H and O–H groups in total. The van der Waals surface area contributed by atoms with Crippen LogP contribution in [0.15, 0.2) is 0 Å². The number of hydrogen-bond acceptors (Lipinski definition) is 3. The molecule has 1 saturated heterocycles. The first-order valence-electron chi connectivity index (χ1n) is 6.57. The molecule has 2 amide bonds. The molecule has 0 atom stereocenters. The van der Waals surface area contributed by atoms with Gasteiger partial charge in [0.2, 0.25) is 0 Å². The van der Waals surface area contributed by atoms with Crippen molar-refractivity contribution in [3.63, 3.8) is 0 Å². The van der Waals surface area contributed by atoms with Crippen LogP contribution in [-0.2, 0) is 0 Å². The molecule has 106 valence electrons. The average molecular weight is 256 g/mol. The number of amides is 2. The lowest BCUT2D eigenvalue weighted by Gasteiger charge is -2.47. The van der Waals surface area contributed by atoms with E-state index in [-0.39, 0.29) is 11.6 Å². The second-order valence-corrected chi connectivity index (χ2v) is 6.02. The molecule has 1 aliphatic heterocycles. The Labute approximate surface area is 111 Å². The fourth-order valence-corrected chi connectivity index (χ4v) is 2.73. The number of hydrogen-bond donors (Lipinski definition) is 0. The molecule has 5 nitrogen and oxygen atoms in total. The van der Waals surface area contributed by atoms with Crippen LogP contribution in [0.3, 0.4) is 0 Å². The smallest absolute Gasteiger partial charge is 0.319 e. The number of likely N-dealkylation sites (N-methyl/N-ethyl adjacent to an activating group) is 2. The second kappa shape index (κ2) is 5.89. The Hall–Kier alpha value is -0.810. The number of nitrogens with zero attached hydrogens (tertiary/aromatic N) is 4. The van der Waals surface area contributed by atoms with E-state index in [1.165, 1.54) is 0 Å². The third-order valence-corrected chi connectivity index (χ3v) is 3.91. The summed E-state index contributed by atoms with van der Waals surface area (Å²) in [6.07, 6.45) is 2.08. The van der Waals surface area contributed by atoms with Gasteiger partial charge in [-0.2, -0.15) is 0 Å². The van der Waals surface area contributed by atoms with Crippen LogP contribution in [0.1, 0.15) is 12.8 Å². The predicted molar refractivity (Wildman–Crippen MR) is 74.9 cm³/mol. The first-order chi connectivity index (χ1) is 8.28. The van der Waals surface area contributed by atoms with Crippen LogP contribution in [0.5, 0.6) is 0 Å². The summed E-state index contributed by atoms with van der Waals surface area (Å²) in [6, 6.07) is 0.132. The Morgan fingerprint density at radius 3 is 1.89 bits per heavy atom. The Kier molecular flexibility index (Phi) is 4.99. The zero-order valence-corrected chi connectivity index (χ0v) is 12.7. The minimum absolute atomic E-state index is 0.132. The van der Waals surface area contributed by atoms with Crippen molar-refractivity contribution in [1.82, 2.24) is 19.6 Å². The van der Waals surface area contributed by atoms with Gasteiger partial charge in [-0.1, -0.05) is 0 Å². The molecule has 0 aromatic rings.